The molecule has 12 heteroatoms. The molecular weight excluding hydrogens is 630 g/mol. The normalized spacial score (nSPS) is 33.1. The average molecular weight is 684 g/mol. The van der Waals surface area contributed by atoms with Crippen molar-refractivity contribution in [2.45, 2.75) is 110 Å². The summed E-state index contributed by atoms with van der Waals surface area (Å²) in [6.45, 7) is 7.88. The number of nitro benzene ring substituents is 1. The molecule has 0 spiro atoms. The highest BCUT2D eigenvalue weighted by Crippen LogP contribution is 2.68. The highest BCUT2D eigenvalue weighted by molar-refractivity contribution is 5.97. The highest BCUT2D eigenvalue weighted by atomic mass is 16.6. The van der Waals surface area contributed by atoms with Gasteiger partial charge in [0.05, 0.1) is 11.3 Å². The summed E-state index contributed by atoms with van der Waals surface area (Å²) in [5.74, 6) is 0.523. The van der Waals surface area contributed by atoms with E-state index in [1.165, 1.54) is 49.9 Å². The lowest BCUT2D eigenvalue weighted by molar-refractivity contribution is -0.384. The number of nitrogens with two attached hydrogens (primary N) is 1. The van der Waals surface area contributed by atoms with Crippen LogP contribution in [-0.4, -0.2) is 59.1 Å². The molecular formula is C37H53N3O9. The van der Waals surface area contributed by atoms with Crippen molar-refractivity contribution in [2.75, 3.05) is 13.2 Å². The first-order valence-corrected chi connectivity index (χ1v) is 18.1. The van der Waals surface area contributed by atoms with Crippen LogP contribution in [0.2, 0.25) is 0 Å². The number of esters is 2. The van der Waals surface area contributed by atoms with Crippen LogP contribution >= 0.6 is 0 Å². The van der Waals surface area contributed by atoms with Crippen LogP contribution in [0.15, 0.2) is 24.3 Å². The molecule has 10 atom stereocenters. The van der Waals surface area contributed by atoms with Gasteiger partial charge in [-0.2, -0.15) is 0 Å². The Morgan fingerprint density at radius 2 is 1.71 bits per heavy atom. The zero-order chi connectivity index (χ0) is 35.5. The van der Waals surface area contributed by atoms with Crippen molar-refractivity contribution in [1.82, 2.24) is 5.32 Å². The van der Waals surface area contributed by atoms with Gasteiger partial charge >= 0.3 is 17.9 Å². The predicted octanol–water partition coefficient (Wildman–Crippen LogP) is 5.66. The van der Waals surface area contributed by atoms with Crippen molar-refractivity contribution in [3.05, 3.63) is 39.9 Å². The number of fused-ring (bicyclic) bond motifs is 5. The second-order valence-corrected chi connectivity index (χ2v) is 15.7. The summed E-state index contributed by atoms with van der Waals surface area (Å²) in [4.78, 5) is 60.2. The minimum absolute atomic E-state index is 0.0774. The van der Waals surface area contributed by atoms with Crippen LogP contribution in [0.25, 0.3) is 0 Å². The summed E-state index contributed by atoms with van der Waals surface area (Å²) < 4.78 is 11.1. The van der Waals surface area contributed by atoms with Gasteiger partial charge in [0, 0.05) is 30.7 Å². The number of hydrogen-bond donors (Lipinski definition) is 3. The molecule has 4 aliphatic carbocycles. The second-order valence-electron chi connectivity index (χ2n) is 15.7. The molecule has 49 heavy (non-hydrogen) atoms. The van der Waals surface area contributed by atoms with Crippen LogP contribution in [-0.2, 0) is 23.9 Å². The molecule has 0 aromatic heterocycles. The van der Waals surface area contributed by atoms with Gasteiger partial charge in [0.25, 0.3) is 11.6 Å². The fourth-order valence-electron chi connectivity index (χ4n) is 10.7. The van der Waals surface area contributed by atoms with Gasteiger partial charge < -0.3 is 25.6 Å². The summed E-state index contributed by atoms with van der Waals surface area (Å²) in [7, 11) is 0. The number of rotatable bonds is 13. The van der Waals surface area contributed by atoms with E-state index in [1.807, 2.05) is 0 Å². The van der Waals surface area contributed by atoms with Crippen molar-refractivity contribution in [3.63, 3.8) is 0 Å². The Labute approximate surface area is 288 Å². The third kappa shape index (κ3) is 7.79. The fourth-order valence-corrected chi connectivity index (χ4v) is 10.7. The van der Waals surface area contributed by atoms with Gasteiger partial charge in [-0.1, -0.05) is 20.8 Å². The maximum Gasteiger partial charge on any atom is 0.329 e. The summed E-state index contributed by atoms with van der Waals surface area (Å²) >= 11 is 0. The third-order valence-corrected chi connectivity index (χ3v) is 13.2. The van der Waals surface area contributed by atoms with E-state index in [0.29, 0.717) is 54.9 Å². The molecule has 0 bridgehead atoms. The first-order valence-electron chi connectivity index (χ1n) is 18.1. The van der Waals surface area contributed by atoms with E-state index in [4.69, 9.17) is 15.2 Å². The van der Waals surface area contributed by atoms with E-state index in [1.54, 1.807) is 0 Å². The van der Waals surface area contributed by atoms with Crippen molar-refractivity contribution in [1.29, 1.82) is 0 Å². The number of carboxylic acid groups (broad SMARTS) is 1. The Morgan fingerprint density at radius 1 is 1.02 bits per heavy atom. The molecule has 4 saturated carbocycles. The van der Waals surface area contributed by atoms with Crippen LogP contribution in [0, 0.1) is 56.5 Å². The number of nitro groups is 1. The van der Waals surface area contributed by atoms with Crippen LogP contribution in [0.4, 0.5) is 5.69 Å². The van der Waals surface area contributed by atoms with E-state index >= 15 is 0 Å². The number of non-ortho nitro benzene ring substituents is 1. The predicted molar refractivity (Wildman–Crippen MR) is 180 cm³/mol. The number of hydrogen-bond acceptors (Lipinski definition) is 9. The molecule has 4 aliphatic rings. The van der Waals surface area contributed by atoms with Crippen molar-refractivity contribution in [3.8, 4) is 0 Å². The van der Waals surface area contributed by atoms with Crippen LogP contribution in [0.1, 0.15) is 108 Å². The number of aliphatic carboxylic acids is 1. The van der Waals surface area contributed by atoms with Crippen molar-refractivity contribution in [2.24, 2.45) is 52.1 Å². The standard InChI is InChI=1S/C37H53N3O9/c1-22(4-13-33(43)48-19-18-38)28-11-12-29-27-10-7-24-20-26(14-16-36(24,2)30(27)15-17-37(28,29)3)49-35(45)31(21-32(41)42)39-34(44)23-5-8-25(9-6-23)40(46)47/h5-6,8-9,22,24,26-31H,4,7,10-21,38H2,1-3H3,(H,39,44)(H,41,42)/t22-,24-,26-,27+,28?,29+,30+,31+,36+,37-/m1/s1. The summed E-state index contributed by atoms with van der Waals surface area (Å²) in [5, 5.41) is 22.9. The van der Waals surface area contributed by atoms with Crippen molar-refractivity contribution < 1.29 is 38.7 Å². The Balaban J connectivity index is 1.18. The largest absolute Gasteiger partial charge is 0.481 e. The monoisotopic (exact) mass is 683 g/mol. The van der Waals surface area contributed by atoms with Crippen LogP contribution < -0.4 is 11.1 Å². The van der Waals surface area contributed by atoms with Gasteiger partial charge in [-0.15, -0.1) is 0 Å². The molecule has 270 valence electrons. The van der Waals surface area contributed by atoms with Crippen LogP contribution in [0.5, 0.6) is 0 Å². The molecule has 0 saturated heterocycles. The number of ether oxygens (including phenoxy) is 2. The van der Waals surface area contributed by atoms with Gasteiger partial charge in [0.2, 0.25) is 0 Å². The number of carbonyl (C=O) groups is 4. The Morgan fingerprint density at radius 3 is 2.39 bits per heavy atom. The number of amides is 1. The van der Waals surface area contributed by atoms with Crippen LogP contribution in [0.3, 0.4) is 0 Å². The maximum absolute atomic E-state index is 13.3. The average Bonchev–Trinajstić information content (AvgIpc) is 3.43. The third-order valence-electron chi connectivity index (χ3n) is 13.2. The van der Waals surface area contributed by atoms with Gasteiger partial charge in [0.1, 0.15) is 18.8 Å². The zero-order valence-electron chi connectivity index (χ0n) is 29.1. The highest BCUT2D eigenvalue weighted by Gasteiger charge is 2.60. The molecule has 1 aromatic carbocycles. The maximum atomic E-state index is 13.3. The van der Waals surface area contributed by atoms with E-state index in [0.717, 1.165) is 32.1 Å². The van der Waals surface area contributed by atoms with Gasteiger partial charge in [0.15, 0.2) is 0 Å². The summed E-state index contributed by atoms with van der Waals surface area (Å²) in [6, 6.07) is 3.50. The van der Waals surface area contributed by atoms with Gasteiger partial charge in [-0.3, -0.25) is 24.5 Å². The fraction of sp³-hybridized carbons (Fsp3) is 0.730. The molecule has 1 unspecified atom stereocenters. The quantitative estimate of drug-likeness (QED) is 0.133. The number of nitrogens with one attached hydrogen (secondary N) is 1. The first-order chi connectivity index (χ1) is 23.3. The number of carboxylic acids is 1. The zero-order valence-corrected chi connectivity index (χ0v) is 29.1. The Hall–Kier alpha value is -3.54. The first kappa shape index (κ1) is 36.7. The minimum Gasteiger partial charge on any atom is -0.481 e. The number of nitrogens with zero attached hydrogens (tertiary/aromatic N) is 1. The van der Waals surface area contributed by atoms with Gasteiger partial charge in [-0.25, -0.2) is 4.79 Å². The minimum atomic E-state index is -1.38. The summed E-state index contributed by atoms with van der Waals surface area (Å²) in [6.07, 6.45) is 9.71. The second kappa shape index (κ2) is 15.1. The van der Waals surface area contributed by atoms with E-state index in [2.05, 4.69) is 26.1 Å². The molecule has 4 fully saturated rings. The summed E-state index contributed by atoms with van der Waals surface area (Å²) in [5.41, 5.74) is 5.79. The van der Waals surface area contributed by atoms with E-state index in [9.17, 15) is 34.4 Å². The lowest BCUT2D eigenvalue weighted by Gasteiger charge is -2.61. The molecule has 1 aromatic rings. The SMILES string of the molecule is C[C@H](CCC(=O)OCCN)C1CC[C@H]2[C@@H]3CC[C@@H]4C[C@H](OC(=O)[C@H](CC(=O)O)NC(=O)c5ccc([N+](=O)[O-])cc5)CC[C@]4(C)[C@H]3CC[C@]12C. The topological polar surface area (TPSA) is 188 Å². The van der Waals surface area contributed by atoms with Gasteiger partial charge in [-0.05, 0) is 123 Å². The smallest absolute Gasteiger partial charge is 0.329 e. The lowest BCUT2D eigenvalue weighted by atomic mass is 9.44. The van der Waals surface area contributed by atoms with Crippen molar-refractivity contribution >= 4 is 29.5 Å². The Bertz CT molecular complexity index is 1400. The molecule has 0 aliphatic heterocycles. The lowest BCUT2D eigenvalue weighted by Crippen LogP contribution is -2.54. The molecule has 1 amide bonds. The molecule has 0 heterocycles. The number of benzene rings is 1. The molecule has 4 N–H and O–H groups in total. The van der Waals surface area contributed by atoms with E-state index < -0.39 is 35.2 Å². The molecule has 0 radical (unpaired) electrons. The molecule has 12 nitrogen and oxygen atoms in total. The Kier molecular flexibility index (Phi) is 11.4. The number of carbonyl (C=O) groups excluding carboxylic acids is 3. The molecule has 5 rings (SSSR count). The van der Waals surface area contributed by atoms with E-state index in [-0.39, 0.29) is 40.8 Å².